The SMILES string of the molecule is Cl.NC(=O)C1(c2cc(C(F)(F)F)cc(C(F)(F)F)c2)CC1. The number of carbonyl (C=O) groups is 1. The lowest BCUT2D eigenvalue weighted by molar-refractivity contribution is -0.143. The van der Waals surface area contributed by atoms with E-state index in [1.165, 1.54) is 0 Å². The first kappa shape index (κ1) is 17.6. The molecule has 9 heteroatoms. The molecular weight excluding hydrogens is 324 g/mol. The summed E-state index contributed by atoms with van der Waals surface area (Å²) >= 11 is 0. The Balaban J connectivity index is 0.00000220. The molecule has 2 N–H and O–H groups in total. The van der Waals surface area contributed by atoms with Crippen LogP contribution in [0.2, 0.25) is 0 Å². The average molecular weight is 334 g/mol. The lowest BCUT2D eigenvalue weighted by Crippen LogP contribution is -2.29. The Kier molecular flexibility index (Phi) is 4.26. The second-order valence-corrected chi connectivity index (χ2v) is 4.74. The molecule has 1 aliphatic rings. The first-order valence-corrected chi connectivity index (χ1v) is 5.57. The van der Waals surface area contributed by atoms with Gasteiger partial charge in [-0.1, -0.05) is 0 Å². The van der Waals surface area contributed by atoms with E-state index in [1.807, 2.05) is 0 Å². The Morgan fingerprint density at radius 1 is 0.952 bits per heavy atom. The van der Waals surface area contributed by atoms with Gasteiger partial charge in [0.2, 0.25) is 5.91 Å². The molecule has 118 valence electrons. The fraction of sp³-hybridized carbons (Fsp3) is 0.417. The van der Waals surface area contributed by atoms with Crippen molar-refractivity contribution in [3.8, 4) is 0 Å². The molecule has 1 amide bonds. The second-order valence-electron chi connectivity index (χ2n) is 4.74. The van der Waals surface area contributed by atoms with Crippen molar-refractivity contribution < 1.29 is 31.1 Å². The first-order valence-electron chi connectivity index (χ1n) is 5.57. The number of amides is 1. The minimum Gasteiger partial charge on any atom is -0.369 e. The topological polar surface area (TPSA) is 43.1 Å². The van der Waals surface area contributed by atoms with Crippen LogP contribution in [0.1, 0.15) is 29.5 Å². The highest BCUT2D eigenvalue weighted by molar-refractivity contribution is 5.90. The highest BCUT2D eigenvalue weighted by atomic mass is 35.5. The van der Waals surface area contributed by atoms with E-state index < -0.39 is 34.8 Å². The van der Waals surface area contributed by atoms with Crippen LogP contribution in [-0.4, -0.2) is 5.91 Å². The molecule has 1 aromatic rings. The van der Waals surface area contributed by atoms with E-state index in [9.17, 15) is 31.1 Å². The molecule has 21 heavy (non-hydrogen) atoms. The zero-order valence-electron chi connectivity index (χ0n) is 10.3. The van der Waals surface area contributed by atoms with Gasteiger partial charge in [-0.3, -0.25) is 4.79 Å². The lowest BCUT2D eigenvalue weighted by atomic mass is 9.91. The lowest BCUT2D eigenvalue weighted by Gasteiger charge is -2.18. The summed E-state index contributed by atoms with van der Waals surface area (Å²) in [6.07, 6.45) is -9.55. The van der Waals surface area contributed by atoms with Gasteiger partial charge in [-0.2, -0.15) is 26.3 Å². The summed E-state index contributed by atoms with van der Waals surface area (Å²) < 4.78 is 76.0. The molecule has 1 fully saturated rings. The Morgan fingerprint density at radius 3 is 1.57 bits per heavy atom. The molecular formula is C12H10ClF6NO. The summed E-state index contributed by atoms with van der Waals surface area (Å²) in [7, 11) is 0. The second kappa shape index (κ2) is 5.08. The third-order valence-corrected chi connectivity index (χ3v) is 3.36. The van der Waals surface area contributed by atoms with E-state index in [4.69, 9.17) is 5.73 Å². The predicted molar refractivity (Wildman–Crippen MR) is 63.8 cm³/mol. The van der Waals surface area contributed by atoms with Crippen LogP contribution >= 0.6 is 12.4 Å². The number of nitrogens with two attached hydrogens (primary N) is 1. The number of alkyl halides is 6. The average Bonchev–Trinajstić information content (AvgIpc) is 3.07. The standard InChI is InChI=1S/C12H9F6NO.ClH/c13-11(14,15)7-3-6(10(1-2-10)9(19)20)4-8(5-7)12(16,17)18;/h3-5H,1-2H2,(H2,19,20);1H. The van der Waals surface area contributed by atoms with Crippen molar-refractivity contribution in [2.45, 2.75) is 30.6 Å². The molecule has 0 bridgehead atoms. The van der Waals surface area contributed by atoms with Gasteiger partial charge in [0.05, 0.1) is 16.5 Å². The van der Waals surface area contributed by atoms with Crippen LogP contribution in [0.5, 0.6) is 0 Å². The van der Waals surface area contributed by atoms with E-state index in [0.29, 0.717) is 12.1 Å². The Morgan fingerprint density at radius 2 is 1.33 bits per heavy atom. The number of benzene rings is 1. The van der Waals surface area contributed by atoms with Gasteiger partial charge in [0.15, 0.2) is 0 Å². The van der Waals surface area contributed by atoms with E-state index in [1.54, 1.807) is 0 Å². The molecule has 1 saturated carbocycles. The van der Waals surface area contributed by atoms with Crippen molar-refractivity contribution in [1.82, 2.24) is 0 Å². The van der Waals surface area contributed by atoms with Gasteiger partial charge in [-0.15, -0.1) is 12.4 Å². The zero-order valence-corrected chi connectivity index (χ0v) is 11.1. The normalized spacial score (nSPS) is 17.0. The highest BCUT2D eigenvalue weighted by Crippen LogP contribution is 2.50. The summed E-state index contributed by atoms with van der Waals surface area (Å²) in [5.41, 5.74) is 0.483. The summed E-state index contributed by atoms with van der Waals surface area (Å²) in [4.78, 5) is 11.3. The van der Waals surface area contributed by atoms with Crippen LogP contribution in [0.15, 0.2) is 18.2 Å². The molecule has 2 nitrogen and oxygen atoms in total. The van der Waals surface area contributed by atoms with Crippen LogP contribution in [-0.2, 0) is 22.6 Å². The molecule has 0 spiro atoms. The quantitative estimate of drug-likeness (QED) is 0.825. The van der Waals surface area contributed by atoms with Gasteiger partial charge in [-0.25, -0.2) is 0 Å². The molecule has 0 atom stereocenters. The van der Waals surface area contributed by atoms with Gasteiger partial charge in [0.1, 0.15) is 0 Å². The molecule has 0 unspecified atom stereocenters. The highest BCUT2D eigenvalue weighted by Gasteiger charge is 2.51. The van der Waals surface area contributed by atoms with Gasteiger partial charge in [0, 0.05) is 0 Å². The third kappa shape index (κ3) is 3.25. The summed E-state index contributed by atoms with van der Waals surface area (Å²) in [5.74, 6) is -0.912. The van der Waals surface area contributed by atoms with Gasteiger partial charge >= 0.3 is 12.4 Å². The zero-order chi connectivity index (χ0) is 15.3. The summed E-state index contributed by atoms with van der Waals surface area (Å²) in [6.45, 7) is 0. The molecule has 0 radical (unpaired) electrons. The fourth-order valence-corrected chi connectivity index (χ4v) is 2.03. The molecule has 0 aromatic heterocycles. The number of primary amides is 1. The summed E-state index contributed by atoms with van der Waals surface area (Å²) in [5, 5.41) is 0. The smallest absolute Gasteiger partial charge is 0.369 e. The summed E-state index contributed by atoms with van der Waals surface area (Å²) in [6, 6.07) is 1.15. The maximum absolute atomic E-state index is 12.7. The van der Waals surface area contributed by atoms with Crippen LogP contribution in [0.4, 0.5) is 26.3 Å². The van der Waals surface area contributed by atoms with Crippen molar-refractivity contribution in [2.75, 3.05) is 0 Å². The molecule has 1 aliphatic carbocycles. The number of rotatable bonds is 2. The Hall–Kier alpha value is -1.44. The molecule has 1 aromatic carbocycles. The minimum absolute atomic E-state index is 0. The van der Waals surface area contributed by atoms with Crippen LogP contribution in [0.3, 0.4) is 0 Å². The van der Waals surface area contributed by atoms with Gasteiger partial charge in [-0.05, 0) is 36.6 Å². The van der Waals surface area contributed by atoms with E-state index >= 15 is 0 Å². The maximum atomic E-state index is 12.7. The predicted octanol–water partition coefficient (Wildman–Crippen LogP) is 3.66. The Labute approximate surface area is 121 Å². The van der Waals surface area contributed by atoms with Crippen LogP contribution < -0.4 is 5.73 Å². The minimum atomic E-state index is -4.93. The number of hydrogen-bond donors (Lipinski definition) is 1. The van der Waals surface area contributed by atoms with Crippen LogP contribution in [0, 0.1) is 0 Å². The van der Waals surface area contributed by atoms with E-state index in [-0.39, 0.29) is 36.9 Å². The van der Waals surface area contributed by atoms with Crippen molar-refractivity contribution in [3.63, 3.8) is 0 Å². The Bertz CT molecular complexity index is 530. The fourth-order valence-electron chi connectivity index (χ4n) is 2.03. The third-order valence-electron chi connectivity index (χ3n) is 3.36. The van der Waals surface area contributed by atoms with E-state index in [0.717, 1.165) is 0 Å². The molecule has 0 heterocycles. The molecule has 0 aliphatic heterocycles. The van der Waals surface area contributed by atoms with E-state index in [2.05, 4.69) is 0 Å². The van der Waals surface area contributed by atoms with Crippen molar-refractivity contribution in [2.24, 2.45) is 5.73 Å². The van der Waals surface area contributed by atoms with Gasteiger partial charge in [0.25, 0.3) is 0 Å². The van der Waals surface area contributed by atoms with Gasteiger partial charge < -0.3 is 5.73 Å². The number of halogens is 7. The maximum Gasteiger partial charge on any atom is 0.416 e. The number of carbonyl (C=O) groups excluding carboxylic acids is 1. The monoisotopic (exact) mass is 333 g/mol. The van der Waals surface area contributed by atoms with Crippen molar-refractivity contribution in [1.29, 1.82) is 0 Å². The number of hydrogen-bond acceptors (Lipinski definition) is 1. The van der Waals surface area contributed by atoms with Crippen LogP contribution in [0.25, 0.3) is 0 Å². The van der Waals surface area contributed by atoms with Crippen molar-refractivity contribution in [3.05, 3.63) is 34.9 Å². The van der Waals surface area contributed by atoms with Crippen molar-refractivity contribution >= 4 is 18.3 Å². The first-order chi connectivity index (χ1) is 8.97. The molecule has 2 rings (SSSR count). The molecule has 0 saturated heterocycles. The largest absolute Gasteiger partial charge is 0.416 e.